The van der Waals surface area contributed by atoms with Crippen LogP contribution in [0.5, 0.6) is 0 Å². The van der Waals surface area contributed by atoms with E-state index in [9.17, 15) is 9.59 Å². The zero-order chi connectivity index (χ0) is 16.1. The predicted octanol–water partition coefficient (Wildman–Crippen LogP) is 2.43. The maximum atomic E-state index is 11.9. The van der Waals surface area contributed by atoms with Gasteiger partial charge in [-0.2, -0.15) is 4.98 Å². The quantitative estimate of drug-likeness (QED) is 0.783. The van der Waals surface area contributed by atoms with Crippen LogP contribution in [-0.4, -0.2) is 45.1 Å². The zero-order valence-electron chi connectivity index (χ0n) is 11.8. The third-order valence-corrected chi connectivity index (χ3v) is 4.56. The molecule has 0 atom stereocenters. The van der Waals surface area contributed by atoms with E-state index < -0.39 is 5.97 Å². The second-order valence-corrected chi connectivity index (χ2v) is 6.27. The van der Waals surface area contributed by atoms with Gasteiger partial charge in [-0.15, -0.1) is 11.3 Å². The smallest absolute Gasteiger partial charge is 0.323 e. The first-order chi connectivity index (χ1) is 10.5. The molecule has 1 amide bonds. The zero-order valence-corrected chi connectivity index (χ0v) is 14.2. The van der Waals surface area contributed by atoms with Gasteiger partial charge in [-0.05, 0) is 28.9 Å². The van der Waals surface area contributed by atoms with Gasteiger partial charge in [0.2, 0.25) is 17.6 Å². The number of carbonyl (C=O) groups is 2. The van der Waals surface area contributed by atoms with Crippen molar-refractivity contribution in [2.75, 3.05) is 13.1 Å². The van der Waals surface area contributed by atoms with Gasteiger partial charge in [0.25, 0.3) is 0 Å². The van der Waals surface area contributed by atoms with Gasteiger partial charge in [-0.3, -0.25) is 9.59 Å². The molecule has 0 spiro atoms. The normalized spacial score (nSPS) is 10.6. The Morgan fingerprint density at radius 3 is 2.86 bits per heavy atom. The van der Waals surface area contributed by atoms with Gasteiger partial charge in [-0.25, -0.2) is 0 Å². The van der Waals surface area contributed by atoms with Gasteiger partial charge in [-0.1, -0.05) is 5.16 Å². The molecule has 9 heteroatoms. The van der Waals surface area contributed by atoms with Crippen molar-refractivity contribution in [3.05, 3.63) is 21.8 Å². The number of carboxylic acids is 1. The fourth-order valence-corrected chi connectivity index (χ4v) is 3.15. The van der Waals surface area contributed by atoms with E-state index in [4.69, 9.17) is 9.63 Å². The van der Waals surface area contributed by atoms with Gasteiger partial charge < -0.3 is 14.5 Å². The molecule has 0 saturated heterocycles. The highest BCUT2D eigenvalue weighted by atomic mass is 79.9. The van der Waals surface area contributed by atoms with E-state index in [1.165, 1.54) is 16.2 Å². The summed E-state index contributed by atoms with van der Waals surface area (Å²) in [6.45, 7) is 1.79. The minimum Gasteiger partial charge on any atom is -0.480 e. The number of aromatic nitrogens is 2. The molecule has 118 valence electrons. The number of rotatable bonds is 7. The number of aryl methyl sites for hydroxylation is 1. The van der Waals surface area contributed by atoms with Gasteiger partial charge in [0, 0.05) is 29.2 Å². The van der Waals surface area contributed by atoms with E-state index in [0.29, 0.717) is 18.3 Å². The van der Waals surface area contributed by atoms with E-state index in [0.717, 1.165) is 9.35 Å². The highest BCUT2D eigenvalue weighted by molar-refractivity contribution is 9.10. The molecule has 2 rings (SSSR count). The van der Waals surface area contributed by atoms with Crippen LogP contribution in [-0.2, 0) is 16.0 Å². The number of hydrogen-bond acceptors (Lipinski definition) is 6. The molecule has 0 radical (unpaired) electrons. The Labute approximate surface area is 139 Å². The van der Waals surface area contributed by atoms with Crippen LogP contribution in [0.1, 0.15) is 19.2 Å². The molecule has 0 aliphatic heterocycles. The largest absolute Gasteiger partial charge is 0.480 e. The molecule has 0 aliphatic rings. The summed E-state index contributed by atoms with van der Waals surface area (Å²) in [5, 5.41) is 14.5. The average molecular weight is 388 g/mol. The fourth-order valence-electron chi connectivity index (χ4n) is 1.80. The second kappa shape index (κ2) is 7.50. The standard InChI is InChI=1S/C13H14BrN3O4S/c1-2-17(6-12(19)20)11(18)4-3-10-15-13(16-21-10)9-5-8(14)7-22-9/h5,7H,2-4,6H2,1H3,(H,19,20). The Balaban J connectivity index is 1.93. The SMILES string of the molecule is CCN(CC(=O)O)C(=O)CCc1nc(-c2cc(Br)cs2)no1. The number of carboxylic acid groups (broad SMARTS) is 1. The minimum atomic E-state index is -1.03. The maximum absolute atomic E-state index is 11.9. The molecule has 0 unspecified atom stereocenters. The van der Waals surface area contributed by atoms with Crippen molar-refractivity contribution in [2.24, 2.45) is 0 Å². The van der Waals surface area contributed by atoms with Crippen LogP contribution >= 0.6 is 27.3 Å². The van der Waals surface area contributed by atoms with Crippen molar-refractivity contribution in [3.63, 3.8) is 0 Å². The molecular formula is C13H14BrN3O4S. The van der Waals surface area contributed by atoms with Crippen LogP contribution in [0.2, 0.25) is 0 Å². The van der Waals surface area contributed by atoms with Gasteiger partial charge in [0.15, 0.2) is 0 Å². The van der Waals surface area contributed by atoms with Crippen molar-refractivity contribution < 1.29 is 19.2 Å². The molecule has 0 saturated carbocycles. The monoisotopic (exact) mass is 387 g/mol. The second-order valence-electron chi connectivity index (χ2n) is 4.44. The molecule has 0 bridgehead atoms. The number of halogens is 1. The number of nitrogens with zero attached hydrogens (tertiary/aromatic N) is 3. The number of thiophene rings is 1. The Bertz CT molecular complexity index is 670. The lowest BCUT2D eigenvalue weighted by Crippen LogP contribution is -2.35. The first-order valence-corrected chi connectivity index (χ1v) is 8.23. The number of aliphatic carboxylic acids is 1. The highest BCUT2D eigenvalue weighted by Gasteiger charge is 2.17. The summed E-state index contributed by atoms with van der Waals surface area (Å²) >= 11 is 4.84. The number of likely N-dealkylation sites (N-methyl/N-ethyl adjacent to an activating group) is 1. The Kier molecular flexibility index (Phi) is 5.67. The molecule has 22 heavy (non-hydrogen) atoms. The lowest BCUT2D eigenvalue weighted by molar-refractivity contribution is -0.144. The Morgan fingerprint density at radius 1 is 1.50 bits per heavy atom. The molecule has 0 fully saturated rings. The summed E-state index contributed by atoms with van der Waals surface area (Å²) < 4.78 is 6.06. The van der Waals surface area contributed by atoms with Gasteiger partial charge in [0.05, 0.1) is 4.88 Å². The van der Waals surface area contributed by atoms with E-state index >= 15 is 0 Å². The van der Waals surface area contributed by atoms with E-state index in [1.54, 1.807) is 6.92 Å². The van der Waals surface area contributed by atoms with Crippen LogP contribution in [0.25, 0.3) is 10.7 Å². The summed E-state index contributed by atoms with van der Waals surface area (Å²) in [7, 11) is 0. The van der Waals surface area contributed by atoms with Crippen LogP contribution < -0.4 is 0 Å². The number of amides is 1. The first-order valence-electron chi connectivity index (χ1n) is 6.56. The summed E-state index contributed by atoms with van der Waals surface area (Å²) in [6.07, 6.45) is 0.422. The lowest BCUT2D eigenvalue weighted by atomic mass is 10.2. The van der Waals surface area contributed by atoms with Crippen molar-refractivity contribution in [1.82, 2.24) is 15.0 Å². The third-order valence-electron chi connectivity index (χ3n) is 2.87. The first kappa shape index (κ1) is 16.6. The van der Waals surface area contributed by atoms with E-state index in [1.807, 2.05) is 11.4 Å². The lowest BCUT2D eigenvalue weighted by Gasteiger charge is -2.17. The molecule has 2 aromatic rings. The average Bonchev–Trinajstić information content (AvgIpc) is 3.10. The summed E-state index contributed by atoms with van der Waals surface area (Å²) in [6, 6.07) is 1.89. The summed E-state index contributed by atoms with van der Waals surface area (Å²) in [5.41, 5.74) is 0. The van der Waals surface area contributed by atoms with E-state index in [-0.39, 0.29) is 25.3 Å². The fraction of sp³-hybridized carbons (Fsp3) is 0.385. The van der Waals surface area contributed by atoms with Gasteiger partial charge >= 0.3 is 5.97 Å². The van der Waals surface area contributed by atoms with Gasteiger partial charge in [0.1, 0.15) is 6.54 Å². The van der Waals surface area contributed by atoms with Crippen molar-refractivity contribution in [1.29, 1.82) is 0 Å². The molecule has 7 nitrogen and oxygen atoms in total. The van der Waals surface area contributed by atoms with Crippen LogP contribution in [0.3, 0.4) is 0 Å². The molecule has 2 aromatic heterocycles. The number of carbonyl (C=O) groups excluding carboxylic acids is 1. The highest BCUT2D eigenvalue weighted by Crippen LogP contribution is 2.27. The molecular weight excluding hydrogens is 374 g/mol. The molecule has 0 aromatic carbocycles. The van der Waals surface area contributed by atoms with Crippen molar-refractivity contribution in [2.45, 2.75) is 19.8 Å². The predicted molar refractivity (Wildman–Crippen MR) is 83.5 cm³/mol. The molecule has 0 aliphatic carbocycles. The molecule has 1 N–H and O–H groups in total. The Morgan fingerprint density at radius 2 is 2.27 bits per heavy atom. The van der Waals surface area contributed by atoms with E-state index in [2.05, 4.69) is 26.1 Å². The third kappa shape index (κ3) is 4.38. The topological polar surface area (TPSA) is 96.5 Å². The summed E-state index contributed by atoms with van der Waals surface area (Å²) in [5.74, 6) is -0.433. The van der Waals surface area contributed by atoms with Crippen molar-refractivity contribution in [3.8, 4) is 10.7 Å². The Hall–Kier alpha value is -1.74. The van der Waals surface area contributed by atoms with Crippen LogP contribution in [0.15, 0.2) is 20.4 Å². The maximum Gasteiger partial charge on any atom is 0.323 e. The molecule has 2 heterocycles. The minimum absolute atomic E-state index is 0.136. The van der Waals surface area contributed by atoms with Crippen LogP contribution in [0, 0.1) is 0 Å². The summed E-state index contributed by atoms with van der Waals surface area (Å²) in [4.78, 5) is 29.0. The van der Waals surface area contributed by atoms with Crippen molar-refractivity contribution >= 4 is 39.1 Å². The van der Waals surface area contributed by atoms with Crippen LogP contribution in [0.4, 0.5) is 0 Å². The number of hydrogen-bond donors (Lipinski definition) is 1.